The first-order valence-electron chi connectivity index (χ1n) is 20.5. The number of aryl methyl sites for hydroxylation is 1. The fourth-order valence-electron chi connectivity index (χ4n) is 8.85. The van der Waals surface area contributed by atoms with Crippen LogP contribution >= 0.6 is 0 Å². The number of nitrogens with zero attached hydrogens (tertiary/aromatic N) is 6. The van der Waals surface area contributed by atoms with Gasteiger partial charge in [-0.05, 0) is 93.8 Å². The molecule has 4 aliphatic heterocycles. The number of hydrogen-bond donors (Lipinski definition) is 1. The van der Waals surface area contributed by atoms with E-state index in [2.05, 4.69) is 26.8 Å². The van der Waals surface area contributed by atoms with Crippen molar-refractivity contribution in [1.29, 1.82) is 0 Å². The highest BCUT2D eigenvalue weighted by Gasteiger charge is 2.47. The SMILES string of the molecule is C=C1CN2CCC[C@@]2(COC2=CN(CCN(C)C)C3=c4c(c(F)c(-c5nc(N(Cc6ccc(OC)cc6)Cc6ccc(OC)cc6)cc(C)c5C(F)(F)F)c(F)c4=NCN3)O2)C1. The normalized spacial score (nSPS) is 18.4. The number of benzene rings is 3. The second kappa shape index (κ2) is 17.1. The Hall–Kier alpha value is -5.87. The second-order valence-corrected chi connectivity index (χ2v) is 16.5. The topological polar surface area (TPSA) is 87.2 Å². The molecule has 4 aromatic rings. The van der Waals surface area contributed by atoms with Crippen LogP contribution in [0.15, 0.2) is 83.9 Å². The van der Waals surface area contributed by atoms with E-state index in [1.54, 1.807) is 54.5 Å². The van der Waals surface area contributed by atoms with Gasteiger partial charge in [0, 0.05) is 32.7 Å². The lowest BCUT2D eigenvalue weighted by molar-refractivity contribution is -0.137. The van der Waals surface area contributed by atoms with E-state index >= 15 is 22.0 Å². The van der Waals surface area contributed by atoms with Crippen molar-refractivity contribution < 1.29 is 40.9 Å². The number of anilines is 1. The molecular formula is C46H50F5N7O4. The molecule has 0 bridgehead atoms. The summed E-state index contributed by atoms with van der Waals surface area (Å²) in [6.45, 7) is 8.40. The maximum absolute atomic E-state index is 17.7. The van der Waals surface area contributed by atoms with Gasteiger partial charge in [-0.2, -0.15) is 13.2 Å². The third kappa shape index (κ3) is 8.37. The van der Waals surface area contributed by atoms with E-state index < -0.39 is 40.4 Å². The van der Waals surface area contributed by atoms with Crippen molar-refractivity contribution in [2.24, 2.45) is 4.99 Å². The Morgan fingerprint density at radius 3 is 2.24 bits per heavy atom. The minimum absolute atomic E-state index is 0.0589. The Kier molecular flexibility index (Phi) is 11.8. The van der Waals surface area contributed by atoms with Gasteiger partial charge in [0.15, 0.2) is 17.4 Å². The lowest BCUT2D eigenvalue weighted by Gasteiger charge is -2.31. The Bertz CT molecular complexity index is 2460. The first-order chi connectivity index (χ1) is 29.7. The van der Waals surface area contributed by atoms with Gasteiger partial charge < -0.3 is 39.0 Å². The zero-order valence-electron chi connectivity index (χ0n) is 35.5. The molecule has 1 aromatic heterocycles. The summed E-state index contributed by atoms with van der Waals surface area (Å²) >= 11 is 0. The molecular weight excluding hydrogens is 810 g/mol. The quantitative estimate of drug-likeness (QED) is 0.109. The molecule has 8 rings (SSSR count). The monoisotopic (exact) mass is 859 g/mol. The van der Waals surface area contributed by atoms with E-state index in [9.17, 15) is 0 Å². The number of hydrogen-bond acceptors (Lipinski definition) is 11. The summed E-state index contributed by atoms with van der Waals surface area (Å²) in [7, 11) is 6.88. The molecule has 4 aliphatic rings. The van der Waals surface area contributed by atoms with Crippen LogP contribution in [0.1, 0.15) is 41.5 Å². The van der Waals surface area contributed by atoms with Crippen molar-refractivity contribution in [3.8, 4) is 28.5 Å². The Balaban J connectivity index is 1.29. The zero-order chi connectivity index (χ0) is 43.9. The lowest BCUT2D eigenvalue weighted by atomic mass is 9.94. The van der Waals surface area contributed by atoms with Crippen molar-refractivity contribution in [1.82, 2.24) is 25.0 Å². The predicted octanol–water partition coefficient (Wildman–Crippen LogP) is 6.69. The van der Waals surface area contributed by atoms with E-state index in [1.165, 1.54) is 13.0 Å². The van der Waals surface area contributed by atoms with E-state index in [-0.39, 0.29) is 65.6 Å². The average molecular weight is 860 g/mol. The molecule has 11 nitrogen and oxygen atoms in total. The van der Waals surface area contributed by atoms with Gasteiger partial charge in [-0.1, -0.05) is 36.4 Å². The summed E-state index contributed by atoms with van der Waals surface area (Å²) in [5.74, 6) is -1.70. The van der Waals surface area contributed by atoms with Crippen molar-refractivity contribution in [2.75, 3.05) is 72.7 Å². The highest BCUT2D eigenvalue weighted by molar-refractivity contribution is 5.72. The number of rotatable bonds is 14. The molecule has 16 heteroatoms. The van der Waals surface area contributed by atoms with Crippen molar-refractivity contribution in [3.63, 3.8) is 0 Å². The van der Waals surface area contributed by atoms with E-state index in [4.69, 9.17) is 18.9 Å². The molecule has 0 aliphatic carbocycles. The summed E-state index contributed by atoms with van der Waals surface area (Å²) in [5.41, 5.74) is -1.17. The molecule has 328 valence electrons. The Morgan fingerprint density at radius 2 is 1.63 bits per heavy atom. The third-order valence-electron chi connectivity index (χ3n) is 11.9. The highest BCUT2D eigenvalue weighted by atomic mass is 19.4. The summed E-state index contributed by atoms with van der Waals surface area (Å²) in [5, 5.41) is 2.72. The van der Waals surface area contributed by atoms with Crippen molar-refractivity contribution in [2.45, 2.75) is 51.0 Å². The molecule has 0 saturated carbocycles. The first kappa shape index (κ1) is 42.8. The van der Waals surface area contributed by atoms with Crippen LogP contribution in [0.2, 0.25) is 0 Å². The van der Waals surface area contributed by atoms with Crippen molar-refractivity contribution in [3.05, 3.63) is 123 Å². The lowest BCUT2D eigenvalue weighted by Crippen LogP contribution is -2.46. The summed E-state index contributed by atoms with van der Waals surface area (Å²) in [4.78, 5) is 16.7. The number of ether oxygens (including phenoxy) is 4. The summed E-state index contributed by atoms with van der Waals surface area (Å²) < 4.78 is 104. The van der Waals surface area contributed by atoms with E-state index in [0.717, 1.165) is 49.1 Å². The number of nitrogens with one attached hydrogen (secondary N) is 1. The number of halogens is 5. The average Bonchev–Trinajstić information content (AvgIpc) is 3.71. The Morgan fingerprint density at radius 1 is 0.968 bits per heavy atom. The summed E-state index contributed by atoms with van der Waals surface area (Å²) in [6, 6.07) is 15.7. The molecule has 3 aromatic carbocycles. The number of likely N-dealkylation sites (N-methyl/N-ethyl adjacent to an activating group) is 1. The molecule has 1 N–H and O–H groups in total. The van der Waals surface area contributed by atoms with Gasteiger partial charge >= 0.3 is 12.1 Å². The van der Waals surface area contributed by atoms with Crippen LogP contribution in [0, 0.1) is 18.6 Å². The second-order valence-electron chi connectivity index (χ2n) is 16.5. The van der Waals surface area contributed by atoms with Gasteiger partial charge in [0.1, 0.15) is 41.8 Å². The first-order valence-corrected chi connectivity index (χ1v) is 20.5. The zero-order valence-corrected chi connectivity index (χ0v) is 35.5. The standard InChI is InChI=1S/C46H50F5N7O4/c1-28-21-45(16-7-17-58(45)22-28)26-61-35-25-56(19-18-55(3)4)44-37-42(52-27-53-44)39(47)36(40(48)43(37)62-35)41-38(46(49,50)51)29(2)20-34(54-41)57(23-30-8-12-32(59-5)13-9-30)24-31-10-14-33(60-6)15-11-31/h8-15,20,25,53H,1,7,16-19,21-24,26-27H2,2-6H3/t45-/m0/s1. The molecule has 0 radical (unpaired) electrons. The number of alkyl halides is 3. The van der Waals surface area contributed by atoms with Gasteiger partial charge in [-0.15, -0.1) is 0 Å². The van der Waals surface area contributed by atoms with Crippen LogP contribution in [0.25, 0.3) is 17.1 Å². The summed E-state index contributed by atoms with van der Waals surface area (Å²) in [6.07, 6.45) is -0.915. The van der Waals surface area contributed by atoms with Crippen LogP contribution in [0.5, 0.6) is 17.2 Å². The minimum Gasteiger partial charge on any atom is -0.497 e. The fraction of sp³-hybridized carbons (Fsp3) is 0.391. The molecule has 0 amide bonds. The Labute approximate surface area is 357 Å². The third-order valence-corrected chi connectivity index (χ3v) is 11.9. The van der Waals surface area contributed by atoms with Gasteiger partial charge in [0.05, 0.1) is 48.0 Å². The van der Waals surface area contributed by atoms with E-state index in [1.807, 2.05) is 43.3 Å². The highest BCUT2D eigenvalue weighted by Crippen LogP contribution is 2.44. The molecule has 2 saturated heterocycles. The molecule has 2 fully saturated rings. The number of aromatic nitrogens is 1. The van der Waals surface area contributed by atoms with Gasteiger partial charge in [-0.25, -0.2) is 13.8 Å². The van der Waals surface area contributed by atoms with E-state index in [0.29, 0.717) is 24.6 Å². The van der Waals surface area contributed by atoms with Gasteiger partial charge in [0.2, 0.25) is 0 Å². The minimum atomic E-state index is -5.06. The molecule has 62 heavy (non-hydrogen) atoms. The maximum atomic E-state index is 17.7. The molecule has 0 spiro atoms. The van der Waals surface area contributed by atoms with Gasteiger partial charge in [0.25, 0.3) is 0 Å². The van der Waals surface area contributed by atoms with Crippen LogP contribution in [-0.2, 0) is 24.0 Å². The van der Waals surface area contributed by atoms with Crippen LogP contribution in [-0.4, -0.2) is 93.0 Å². The number of fused-ring (bicyclic) bond motifs is 1. The molecule has 1 atom stereocenters. The smallest absolute Gasteiger partial charge is 0.418 e. The molecule has 0 unspecified atom stereocenters. The largest absolute Gasteiger partial charge is 0.497 e. The van der Waals surface area contributed by atoms with Crippen LogP contribution < -0.4 is 35.0 Å². The predicted molar refractivity (Wildman–Crippen MR) is 225 cm³/mol. The number of methoxy groups -OCH3 is 2. The van der Waals surface area contributed by atoms with Gasteiger partial charge in [-0.3, -0.25) is 9.89 Å². The van der Waals surface area contributed by atoms with Crippen LogP contribution in [0.3, 0.4) is 0 Å². The van der Waals surface area contributed by atoms with Crippen LogP contribution in [0.4, 0.5) is 27.8 Å². The van der Waals surface area contributed by atoms with Crippen molar-refractivity contribution >= 4 is 11.6 Å². The fourth-order valence-corrected chi connectivity index (χ4v) is 8.85. The maximum Gasteiger partial charge on any atom is 0.418 e. The molecule has 5 heterocycles. The number of pyridine rings is 1.